The van der Waals surface area contributed by atoms with Crippen LogP contribution in [-0.4, -0.2) is 0 Å². The quantitative estimate of drug-likeness (QED) is 0.207. The Morgan fingerprint density at radius 2 is 0.595 bits per heavy atom. The smallest absolute Gasteiger partial charge is 0.0178 e. The van der Waals surface area contributed by atoms with Gasteiger partial charge in [-0.1, -0.05) is 139 Å². The van der Waals surface area contributed by atoms with E-state index in [9.17, 15) is 0 Å². The van der Waals surface area contributed by atoms with Crippen LogP contribution in [0.15, 0.2) is 133 Å². The standard InChI is InChI=1S/2C21H20/c1-15-7-10-18(11-8-15)19-5-4-6-20(14-19)21-12-9-16(2)17(3)13-21;1-15-5-4-6-20(13-15)18-9-11-19(12-10-18)21-8-7-16(2)17(3)14-21/h2*4-14H,1-3H3. The Morgan fingerprint density at radius 1 is 0.238 bits per heavy atom. The van der Waals surface area contributed by atoms with Crippen LogP contribution in [0.25, 0.3) is 44.5 Å². The summed E-state index contributed by atoms with van der Waals surface area (Å²) in [4.78, 5) is 0. The Labute approximate surface area is 252 Å². The number of benzene rings is 6. The van der Waals surface area contributed by atoms with E-state index in [1.807, 2.05) is 0 Å². The van der Waals surface area contributed by atoms with Gasteiger partial charge in [0.1, 0.15) is 0 Å². The number of hydrogen-bond donors (Lipinski definition) is 0. The molecule has 0 heteroatoms. The van der Waals surface area contributed by atoms with Gasteiger partial charge in [0, 0.05) is 0 Å². The minimum Gasteiger partial charge on any atom is -0.0614 e. The zero-order valence-electron chi connectivity index (χ0n) is 25.7. The van der Waals surface area contributed by atoms with Crippen LogP contribution in [0.1, 0.15) is 33.4 Å². The fraction of sp³-hybridized carbons (Fsp3) is 0.143. The van der Waals surface area contributed by atoms with Crippen molar-refractivity contribution in [3.63, 3.8) is 0 Å². The van der Waals surface area contributed by atoms with E-state index < -0.39 is 0 Å². The number of hydrogen-bond acceptors (Lipinski definition) is 0. The van der Waals surface area contributed by atoms with Gasteiger partial charge in [-0.05, 0) is 114 Å². The molecule has 0 aliphatic carbocycles. The van der Waals surface area contributed by atoms with Gasteiger partial charge >= 0.3 is 0 Å². The van der Waals surface area contributed by atoms with Crippen LogP contribution in [0.3, 0.4) is 0 Å². The second kappa shape index (κ2) is 12.9. The van der Waals surface area contributed by atoms with Crippen molar-refractivity contribution in [2.75, 3.05) is 0 Å². The monoisotopic (exact) mass is 544 g/mol. The van der Waals surface area contributed by atoms with Gasteiger partial charge in [-0.2, -0.15) is 0 Å². The van der Waals surface area contributed by atoms with Crippen LogP contribution in [-0.2, 0) is 0 Å². The van der Waals surface area contributed by atoms with Crippen molar-refractivity contribution < 1.29 is 0 Å². The topological polar surface area (TPSA) is 0 Å². The third kappa shape index (κ3) is 6.96. The minimum absolute atomic E-state index is 1.27. The van der Waals surface area contributed by atoms with E-state index >= 15 is 0 Å². The normalized spacial score (nSPS) is 10.6. The predicted octanol–water partition coefficient (Wildman–Crippen LogP) is 11.9. The predicted molar refractivity (Wildman–Crippen MR) is 183 cm³/mol. The molecule has 0 aromatic heterocycles. The Morgan fingerprint density at radius 3 is 1.07 bits per heavy atom. The first-order chi connectivity index (χ1) is 20.3. The molecule has 208 valence electrons. The van der Waals surface area contributed by atoms with Crippen molar-refractivity contribution in [1.82, 2.24) is 0 Å². The summed E-state index contributed by atoms with van der Waals surface area (Å²) in [6.45, 7) is 12.9. The van der Waals surface area contributed by atoms with Crippen molar-refractivity contribution in [3.05, 3.63) is 167 Å². The number of rotatable bonds is 4. The molecular formula is C42H40. The first kappa shape index (κ1) is 28.8. The summed E-state index contributed by atoms with van der Waals surface area (Å²) in [7, 11) is 0. The Balaban J connectivity index is 0.000000168. The van der Waals surface area contributed by atoms with E-state index in [-0.39, 0.29) is 0 Å². The summed E-state index contributed by atoms with van der Waals surface area (Å²) >= 11 is 0. The summed E-state index contributed by atoms with van der Waals surface area (Å²) in [6.07, 6.45) is 0. The first-order valence-corrected chi connectivity index (χ1v) is 14.8. The Kier molecular flexibility index (Phi) is 8.84. The van der Waals surface area contributed by atoms with E-state index in [1.54, 1.807) is 0 Å². The molecule has 0 bridgehead atoms. The molecule has 0 saturated heterocycles. The van der Waals surface area contributed by atoms with E-state index in [1.165, 1.54) is 77.9 Å². The average Bonchev–Trinajstić information content (AvgIpc) is 3.01. The second-order valence-electron chi connectivity index (χ2n) is 11.5. The van der Waals surface area contributed by atoms with E-state index in [2.05, 4.69) is 175 Å². The highest BCUT2D eigenvalue weighted by Crippen LogP contribution is 2.29. The molecule has 0 aliphatic rings. The maximum absolute atomic E-state index is 2.27. The Hall–Kier alpha value is -4.68. The molecule has 0 saturated carbocycles. The third-order valence-corrected chi connectivity index (χ3v) is 8.16. The van der Waals surface area contributed by atoms with Gasteiger partial charge in [0.25, 0.3) is 0 Å². The van der Waals surface area contributed by atoms with E-state index in [4.69, 9.17) is 0 Å². The second-order valence-corrected chi connectivity index (χ2v) is 11.5. The highest BCUT2D eigenvalue weighted by atomic mass is 14.1. The first-order valence-electron chi connectivity index (χ1n) is 14.8. The van der Waals surface area contributed by atoms with Crippen molar-refractivity contribution >= 4 is 0 Å². The maximum Gasteiger partial charge on any atom is -0.0178 e. The van der Waals surface area contributed by atoms with E-state index in [0.29, 0.717) is 0 Å². The SMILES string of the molecule is Cc1ccc(-c2cccc(-c3ccc(C)c(C)c3)c2)cc1.Cc1cccc(-c2ccc(-c3ccc(C)c(C)c3)cc2)c1. The molecule has 0 spiro atoms. The lowest BCUT2D eigenvalue weighted by Gasteiger charge is -2.08. The largest absolute Gasteiger partial charge is 0.0614 e. The Bertz CT molecular complexity index is 1800. The summed E-state index contributed by atoms with van der Waals surface area (Å²) in [6, 6.07) is 48.3. The van der Waals surface area contributed by atoms with Crippen molar-refractivity contribution in [1.29, 1.82) is 0 Å². The van der Waals surface area contributed by atoms with Gasteiger partial charge in [0.2, 0.25) is 0 Å². The summed E-state index contributed by atoms with van der Waals surface area (Å²) in [5.41, 5.74) is 18.2. The van der Waals surface area contributed by atoms with Gasteiger partial charge in [0.15, 0.2) is 0 Å². The zero-order chi connectivity index (χ0) is 29.6. The molecule has 6 aromatic rings. The third-order valence-electron chi connectivity index (χ3n) is 8.16. The van der Waals surface area contributed by atoms with Gasteiger partial charge < -0.3 is 0 Å². The van der Waals surface area contributed by atoms with Crippen LogP contribution in [0.2, 0.25) is 0 Å². The zero-order valence-corrected chi connectivity index (χ0v) is 25.7. The molecule has 0 N–H and O–H groups in total. The fourth-order valence-corrected chi connectivity index (χ4v) is 5.15. The molecule has 0 aliphatic heterocycles. The molecule has 6 aromatic carbocycles. The molecule has 6 rings (SSSR count). The van der Waals surface area contributed by atoms with Crippen LogP contribution in [0, 0.1) is 41.5 Å². The van der Waals surface area contributed by atoms with Crippen molar-refractivity contribution in [2.45, 2.75) is 41.5 Å². The van der Waals surface area contributed by atoms with Crippen molar-refractivity contribution in [2.24, 2.45) is 0 Å². The molecule has 0 nitrogen and oxygen atoms in total. The van der Waals surface area contributed by atoms with Crippen LogP contribution < -0.4 is 0 Å². The lowest BCUT2D eigenvalue weighted by atomic mass is 9.96. The van der Waals surface area contributed by atoms with Gasteiger partial charge in [-0.3, -0.25) is 0 Å². The lowest BCUT2D eigenvalue weighted by Crippen LogP contribution is -1.85. The molecule has 42 heavy (non-hydrogen) atoms. The van der Waals surface area contributed by atoms with Crippen molar-refractivity contribution in [3.8, 4) is 44.5 Å². The summed E-state index contributed by atoms with van der Waals surface area (Å²) < 4.78 is 0. The van der Waals surface area contributed by atoms with Crippen LogP contribution in [0.4, 0.5) is 0 Å². The minimum atomic E-state index is 1.27. The van der Waals surface area contributed by atoms with Crippen LogP contribution in [0.5, 0.6) is 0 Å². The highest BCUT2D eigenvalue weighted by Gasteiger charge is 2.04. The molecule has 0 atom stereocenters. The molecule has 0 amide bonds. The molecule has 0 radical (unpaired) electrons. The lowest BCUT2D eigenvalue weighted by molar-refractivity contribution is 1.34. The van der Waals surface area contributed by atoms with Gasteiger partial charge in [-0.15, -0.1) is 0 Å². The molecule has 0 fully saturated rings. The fourth-order valence-electron chi connectivity index (χ4n) is 5.15. The number of aryl methyl sites for hydroxylation is 6. The molecule has 0 heterocycles. The molecule has 0 unspecified atom stereocenters. The summed E-state index contributed by atoms with van der Waals surface area (Å²) in [5, 5.41) is 0. The van der Waals surface area contributed by atoms with E-state index in [0.717, 1.165) is 0 Å². The average molecular weight is 545 g/mol. The summed E-state index contributed by atoms with van der Waals surface area (Å²) in [5.74, 6) is 0. The molecular weight excluding hydrogens is 504 g/mol. The van der Waals surface area contributed by atoms with Crippen LogP contribution >= 0.6 is 0 Å². The maximum atomic E-state index is 2.27. The highest BCUT2D eigenvalue weighted by molar-refractivity contribution is 5.74. The van der Waals surface area contributed by atoms with Gasteiger partial charge in [-0.25, -0.2) is 0 Å². The van der Waals surface area contributed by atoms with Gasteiger partial charge in [0.05, 0.1) is 0 Å².